The summed E-state index contributed by atoms with van der Waals surface area (Å²) in [6.45, 7) is 11.0. The third-order valence-corrected chi connectivity index (χ3v) is 6.12. The van der Waals surface area contributed by atoms with E-state index in [0.717, 1.165) is 18.3 Å². The van der Waals surface area contributed by atoms with Gasteiger partial charge in [0.25, 0.3) is 0 Å². The lowest BCUT2D eigenvalue weighted by Crippen LogP contribution is -2.32. The van der Waals surface area contributed by atoms with Gasteiger partial charge in [0.1, 0.15) is 0 Å². The molecule has 0 heterocycles. The van der Waals surface area contributed by atoms with Crippen molar-refractivity contribution in [1.29, 1.82) is 0 Å². The molecule has 0 spiro atoms. The van der Waals surface area contributed by atoms with Gasteiger partial charge in [-0.2, -0.15) is 0 Å². The monoisotopic (exact) mass is 354 g/mol. The molecule has 0 radical (unpaired) electrons. The molecule has 2 fully saturated rings. The standard InChI is InChI=1S/C22H42O3/c1-16(2)24-21-11-10-18(13-21)12-17(3)25-20-9-7-8-19(14-20)15-22(4,5)23-6/h16-21H,7-15H2,1-6H3. The average molecular weight is 355 g/mol. The summed E-state index contributed by atoms with van der Waals surface area (Å²) in [4.78, 5) is 0. The van der Waals surface area contributed by atoms with Crippen molar-refractivity contribution < 1.29 is 14.2 Å². The Morgan fingerprint density at radius 1 is 0.880 bits per heavy atom. The minimum absolute atomic E-state index is 0.00650. The second-order valence-electron chi connectivity index (χ2n) is 9.49. The summed E-state index contributed by atoms with van der Waals surface area (Å²) in [6.07, 6.45) is 12.8. The van der Waals surface area contributed by atoms with E-state index in [1.165, 1.54) is 51.4 Å². The van der Waals surface area contributed by atoms with Crippen LogP contribution in [0.3, 0.4) is 0 Å². The summed E-state index contributed by atoms with van der Waals surface area (Å²) >= 11 is 0. The van der Waals surface area contributed by atoms with Crippen LogP contribution in [0.1, 0.15) is 92.4 Å². The predicted octanol–water partition coefficient (Wildman–Crippen LogP) is 5.75. The molecule has 148 valence electrons. The largest absolute Gasteiger partial charge is 0.379 e. The normalized spacial score (nSPS) is 32.3. The van der Waals surface area contributed by atoms with Gasteiger partial charge in [-0.25, -0.2) is 0 Å². The van der Waals surface area contributed by atoms with E-state index in [2.05, 4.69) is 34.6 Å². The van der Waals surface area contributed by atoms with Gasteiger partial charge in [-0.3, -0.25) is 0 Å². The van der Waals surface area contributed by atoms with Crippen LogP contribution in [0.2, 0.25) is 0 Å². The van der Waals surface area contributed by atoms with Crippen molar-refractivity contribution in [2.45, 2.75) is 122 Å². The van der Waals surface area contributed by atoms with Gasteiger partial charge in [0, 0.05) is 7.11 Å². The molecule has 0 saturated heterocycles. The van der Waals surface area contributed by atoms with Gasteiger partial charge in [0.05, 0.1) is 30.0 Å². The Labute approximate surface area is 156 Å². The van der Waals surface area contributed by atoms with Crippen LogP contribution in [0.25, 0.3) is 0 Å². The third kappa shape index (κ3) is 7.56. The van der Waals surface area contributed by atoms with Crippen molar-refractivity contribution in [3.05, 3.63) is 0 Å². The molecule has 2 aliphatic carbocycles. The first-order chi connectivity index (χ1) is 11.8. The maximum Gasteiger partial charge on any atom is 0.0625 e. The van der Waals surface area contributed by atoms with E-state index >= 15 is 0 Å². The van der Waals surface area contributed by atoms with Gasteiger partial charge >= 0.3 is 0 Å². The summed E-state index contributed by atoms with van der Waals surface area (Å²) in [6, 6.07) is 0. The molecule has 0 aromatic rings. The Hall–Kier alpha value is -0.120. The van der Waals surface area contributed by atoms with Crippen molar-refractivity contribution in [1.82, 2.24) is 0 Å². The van der Waals surface area contributed by atoms with Crippen LogP contribution in [-0.4, -0.2) is 37.1 Å². The quantitative estimate of drug-likeness (QED) is 0.527. The molecule has 0 aliphatic heterocycles. The van der Waals surface area contributed by atoms with Crippen LogP contribution in [0.15, 0.2) is 0 Å². The van der Waals surface area contributed by atoms with Crippen molar-refractivity contribution in [2.24, 2.45) is 11.8 Å². The maximum absolute atomic E-state index is 6.47. The van der Waals surface area contributed by atoms with Crippen molar-refractivity contribution >= 4 is 0 Å². The van der Waals surface area contributed by atoms with Crippen LogP contribution in [-0.2, 0) is 14.2 Å². The minimum Gasteiger partial charge on any atom is -0.379 e. The average Bonchev–Trinajstić information content (AvgIpc) is 2.93. The number of hydrogen-bond acceptors (Lipinski definition) is 3. The first-order valence-electron chi connectivity index (χ1n) is 10.6. The zero-order valence-electron chi connectivity index (χ0n) is 17.6. The Bertz CT molecular complexity index is 379. The number of hydrogen-bond donors (Lipinski definition) is 0. The van der Waals surface area contributed by atoms with Gasteiger partial charge in [-0.05, 0) is 91.4 Å². The fourth-order valence-electron chi connectivity index (χ4n) is 4.93. The molecule has 0 aromatic carbocycles. The van der Waals surface area contributed by atoms with Gasteiger partial charge < -0.3 is 14.2 Å². The van der Waals surface area contributed by atoms with Crippen LogP contribution in [0, 0.1) is 11.8 Å². The molecule has 5 atom stereocenters. The Morgan fingerprint density at radius 3 is 2.24 bits per heavy atom. The van der Waals surface area contributed by atoms with Gasteiger partial charge in [0.2, 0.25) is 0 Å². The van der Waals surface area contributed by atoms with E-state index in [1.807, 2.05) is 7.11 Å². The lowest BCUT2D eigenvalue weighted by atomic mass is 9.80. The van der Waals surface area contributed by atoms with Gasteiger partial charge in [-0.1, -0.05) is 12.8 Å². The predicted molar refractivity (Wildman–Crippen MR) is 104 cm³/mol. The van der Waals surface area contributed by atoms with E-state index in [0.29, 0.717) is 24.4 Å². The summed E-state index contributed by atoms with van der Waals surface area (Å²) in [7, 11) is 1.83. The van der Waals surface area contributed by atoms with E-state index in [9.17, 15) is 0 Å². The van der Waals surface area contributed by atoms with Crippen LogP contribution >= 0.6 is 0 Å². The molecule has 0 N–H and O–H groups in total. The first kappa shape index (κ1) is 21.2. The first-order valence-corrected chi connectivity index (χ1v) is 10.6. The van der Waals surface area contributed by atoms with Crippen LogP contribution < -0.4 is 0 Å². The second-order valence-corrected chi connectivity index (χ2v) is 9.49. The highest BCUT2D eigenvalue weighted by Crippen LogP contribution is 2.36. The van der Waals surface area contributed by atoms with E-state index < -0.39 is 0 Å². The summed E-state index contributed by atoms with van der Waals surface area (Å²) in [5.74, 6) is 1.53. The highest BCUT2D eigenvalue weighted by Gasteiger charge is 2.31. The molecule has 0 amide bonds. The highest BCUT2D eigenvalue weighted by molar-refractivity contribution is 4.82. The van der Waals surface area contributed by atoms with Crippen molar-refractivity contribution in [3.8, 4) is 0 Å². The van der Waals surface area contributed by atoms with E-state index in [-0.39, 0.29) is 5.60 Å². The Kier molecular flexibility index (Phi) is 8.23. The molecule has 3 nitrogen and oxygen atoms in total. The molecule has 2 aliphatic rings. The Morgan fingerprint density at radius 2 is 1.56 bits per heavy atom. The zero-order chi connectivity index (χ0) is 18.4. The third-order valence-electron chi connectivity index (χ3n) is 6.12. The van der Waals surface area contributed by atoms with Crippen molar-refractivity contribution in [2.75, 3.05) is 7.11 Å². The zero-order valence-corrected chi connectivity index (χ0v) is 17.6. The minimum atomic E-state index is -0.00650. The SMILES string of the molecule is COC(C)(C)CC1CCCC(OC(C)CC2CCC(OC(C)C)C2)C1. The second kappa shape index (κ2) is 9.71. The number of methoxy groups -OCH3 is 1. The van der Waals surface area contributed by atoms with Gasteiger partial charge in [-0.15, -0.1) is 0 Å². The summed E-state index contributed by atoms with van der Waals surface area (Å²) in [5, 5.41) is 0. The number of rotatable bonds is 9. The maximum atomic E-state index is 6.47. The molecule has 2 rings (SSSR count). The van der Waals surface area contributed by atoms with E-state index in [4.69, 9.17) is 14.2 Å². The Balaban J connectivity index is 1.70. The molecular formula is C22H42O3. The van der Waals surface area contributed by atoms with E-state index in [1.54, 1.807) is 0 Å². The fraction of sp³-hybridized carbons (Fsp3) is 1.00. The summed E-state index contributed by atoms with van der Waals surface area (Å²) < 4.78 is 18.1. The molecule has 5 unspecified atom stereocenters. The fourth-order valence-corrected chi connectivity index (χ4v) is 4.93. The molecule has 3 heteroatoms. The van der Waals surface area contributed by atoms with Crippen LogP contribution in [0.5, 0.6) is 0 Å². The smallest absolute Gasteiger partial charge is 0.0625 e. The lowest BCUT2D eigenvalue weighted by Gasteiger charge is -2.35. The van der Waals surface area contributed by atoms with Gasteiger partial charge in [0.15, 0.2) is 0 Å². The van der Waals surface area contributed by atoms with Crippen LogP contribution in [0.4, 0.5) is 0 Å². The topological polar surface area (TPSA) is 27.7 Å². The summed E-state index contributed by atoms with van der Waals surface area (Å²) in [5.41, 5.74) is -0.00650. The van der Waals surface area contributed by atoms with Crippen molar-refractivity contribution in [3.63, 3.8) is 0 Å². The molecule has 0 bridgehead atoms. The molecule has 2 saturated carbocycles. The highest BCUT2D eigenvalue weighted by atomic mass is 16.5. The molecule has 25 heavy (non-hydrogen) atoms. The number of ether oxygens (including phenoxy) is 3. The lowest BCUT2D eigenvalue weighted by molar-refractivity contribution is -0.0569. The molecule has 0 aromatic heterocycles. The molecular weight excluding hydrogens is 312 g/mol.